The molecule has 4 atom stereocenters. The van der Waals surface area contributed by atoms with Crippen molar-refractivity contribution in [2.24, 2.45) is 23.2 Å². The summed E-state index contributed by atoms with van der Waals surface area (Å²) >= 11 is 0. The Kier molecular flexibility index (Phi) is 1.86. The van der Waals surface area contributed by atoms with E-state index in [1.54, 1.807) is 0 Å². The summed E-state index contributed by atoms with van der Waals surface area (Å²) in [5.74, 6) is 1.72. The molecule has 0 aromatic heterocycles. The fourth-order valence-electron chi connectivity index (χ4n) is 4.49. The molecule has 88 valence electrons. The van der Waals surface area contributed by atoms with E-state index in [9.17, 15) is 5.11 Å². The van der Waals surface area contributed by atoms with Crippen molar-refractivity contribution in [2.75, 3.05) is 0 Å². The molecular weight excluding hydrogens is 196 g/mol. The summed E-state index contributed by atoms with van der Waals surface area (Å²) < 4.78 is 0. The number of rotatable bonds is 0. The zero-order chi connectivity index (χ0) is 11.7. The third-order valence-corrected chi connectivity index (χ3v) is 5.65. The molecule has 1 N–H and O–H groups in total. The largest absolute Gasteiger partial charge is 0.385 e. The molecule has 3 fully saturated rings. The Hall–Kier alpha value is -0.560. The van der Waals surface area contributed by atoms with Crippen molar-refractivity contribution >= 4 is 0 Å². The van der Waals surface area contributed by atoms with Crippen LogP contribution in [0.2, 0.25) is 0 Å². The van der Waals surface area contributed by atoms with Gasteiger partial charge < -0.3 is 5.11 Å². The molecule has 3 aliphatic rings. The highest BCUT2D eigenvalue weighted by Crippen LogP contribution is 2.71. The summed E-state index contributed by atoms with van der Waals surface area (Å²) in [6, 6.07) is 0. The van der Waals surface area contributed by atoms with Gasteiger partial charge in [0.1, 0.15) is 0 Å². The zero-order valence-corrected chi connectivity index (χ0v) is 10.4. The van der Waals surface area contributed by atoms with Gasteiger partial charge in [-0.1, -0.05) is 32.6 Å². The maximum atomic E-state index is 10.9. The third kappa shape index (κ3) is 1.05. The molecule has 3 rings (SSSR count). The van der Waals surface area contributed by atoms with Crippen molar-refractivity contribution in [1.29, 1.82) is 0 Å². The molecule has 0 bridgehead atoms. The van der Waals surface area contributed by atoms with Crippen LogP contribution in [0.15, 0.2) is 24.3 Å². The van der Waals surface area contributed by atoms with Crippen LogP contribution in [0.5, 0.6) is 0 Å². The highest BCUT2D eigenvalue weighted by molar-refractivity contribution is 5.34. The average molecular weight is 218 g/mol. The normalized spacial score (nSPS) is 49.6. The first-order valence-electron chi connectivity index (χ1n) is 6.47. The number of fused-ring (bicyclic) bond motifs is 3. The SMILES string of the molecule is C=C1CC[C@@]2(O)C(=C)CC[C@H]3[C@@H]([C@H]12)C3(C)C. The molecule has 16 heavy (non-hydrogen) atoms. The van der Waals surface area contributed by atoms with Gasteiger partial charge in [-0.15, -0.1) is 0 Å². The summed E-state index contributed by atoms with van der Waals surface area (Å²) in [6.45, 7) is 13.0. The van der Waals surface area contributed by atoms with Gasteiger partial charge in [0.25, 0.3) is 0 Å². The van der Waals surface area contributed by atoms with E-state index in [4.69, 9.17) is 0 Å². The molecule has 3 saturated carbocycles. The minimum absolute atomic E-state index is 0.294. The summed E-state index contributed by atoms with van der Waals surface area (Å²) in [7, 11) is 0. The fraction of sp³-hybridized carbons (Fsp3) is 0.733. The van der Waals surface area contributed by atoms with Gasteiger partial charge in [0.05, 0.1) is 5.60 Å². The van der Waals surface area contributed by atoms with Crippen LogP contribution in [0.3, 0.4) is 0 Å². The molecule has 0 aliphatic heterocycles. The van der Waals surface area contributed by atoms with Crippen molar-refractivity contribution in [3.05, 3.63) is 24.3 Å². The van der Waals surface area contributed by atoms with Crippen LogP contribution >= 0.6 is 0 Å². The smallest absolute Gasteiger partial charge is 0.0925 e. The van der Waals surface area contributed by atoms with E-state index in [1.165, 1.54) is 12.0 Å². The van der Waals surface area contributed by atoms with Gasteiger partial charge in [-0.25, -0.2) is 0 Å². The molecule has 0 unspecified atom stereocenters. The lowest BCUT2D eigenvalue weighted by Crippen LogP contribution is -2.37. The minimum atomic E-state index is -0.621. The Morgan fingerprint density at radius 3 is 2.62 bits per heavy atom. The molecule has 1 nitrogen and oxygen atoms in total. The van der Waals surface area contributed by atoms with Crippen LogP contribution in [-0.2, 0) is 0 Å². The number of aliphatic hydroxyl groups is 1. The standard InChI is InChI=1S/C15H22O/c1-9-7-8-15(16)10(2)5-6-11-13(12(9)15)14(11,3)4/h11-13,16H,1-2,5-8H2,3-4H3/t11-,12-,13-,15+/m0/s1. The summed E-state index contributed by atoms with van der Waals surface area (Å²) in [5.41, 5.74) is 2.13. The first kappa shape index (κ1) is 10.6. The van der Waals surface area contributed by atoms with Crippen molar-refractivity contribution in [3.8, 4) is 0 Å². The second-order valence-corrected chi connectivity index (χ2v) is 6.66. The quantitative estimate of drug-likeness (QED) is 0.618. The van der Waals surface area contributed by atoms with Crippen molar-refractivity contribution in [1.82, 2.24) is 0 Å². The lowest BCUT2D eigenvalue weighted by molar-refractivity contribution is 0.0334. The van der Waals surface area contributed by atoms with E-state index >= 15 is 0 Å². The molecule has 0 spiro atoms. The van der Waals surface area contributed by atoms with Crippen LogP contribution in [-0.4, -0.2) is 10.7 Å². The predicted octanol–water partition coefficient (Wildman–Crippen LogP) is 3.31. The molecule has 0 saturated heterocycles. The van der Waals surface area contributed by atoms with Gasteiger partial charge in [-0.3, -0.25) is 0 Å². The molecule has 0 aromatic rings. The third-order valence-electron chi connectivity index (χ3n) is 5.65. The van der Waals surface area contributed by atoms with Gasteiger partial charge in [0.15, 0.2) is 0 Å². The van der Waals surface area contributed by atoms with Gasteiger partial charge in [-0.2, -0.15) is 0 Å². The summed E-state index contributed by atoms with van der Waals surface area (Å²) in [5, 5.41) is 10.9. The van der Waals surface area contributed by atoms with Gasteiger partial charge in [0.2, 0.25) is 0 Å². The Bertz CT molecular complexity index is 379. The van der Waals surface area contributed by atoms with Crippen molar-refractivity contribution < 1.29 is 5.11 Å². The highest BCUT2D eigenvalue weighted by atomic mass is 16.3. The maximum Gasteiger partial charge on any atom is 0.0925 e. The van der Waals surface area contributed by atoms with E-state index in [2.05, 4.69) is 27.0 Å². The summed E-state index contributed by atoms with van der Waals surface area (Å²) in [4.78, 5) is 0. The highest BCUT2D eigenvalue weighted by Gasteiger charge is 2.67. The molecule has 3 aliphatic carbocycles. The van der Waals surface area contributed by atoms with Gasteiger partial charge >= 0.3 is 0 Å². The van der Waals surface area contributed by atoms with Crippen LogP contribution in [0.25, 0.3) is 0 Å². The Labute approximate surface area is 98.2 Å². The Balaban J connectivity index is 2.04. The molecular formula is C15H22O. The van der Waals surface area contributed by atoms with Crippen molar-refractivity contribution in [2.45, 2.75) is 45.1 Å². The van der Waals surface area contributed by atoms with Crippen LogP contribution < -0.4 is 0 Å². The van der Waals surface area contributed by atoms with Gasteiger partial charge in [-0.05, 0) is 48.5 Å². The fourth-order valence-corrected chi connectivity index (χ4v) is 4.49. The Morgan fingerprint density at radius 2 is 1.94 bits per heavy atom. The second-order valence-electron chi connectivity index (χ2n) is 6.66. The van der Waals surface area contributed by atoms with E-state index < -0.39 is 5.60 Å². The zero-order valence-electron chi connectivity index (χ0n) is 10.4. The van der Waals surface area contributed by atoms with Gasteiger partial charge in [0, 0.05) is 5.92 Å². The van der Waals surface area contributed by atoms with Crippen LogP contribution in [0.4, 0.5) is 0 Å². The minimum Gasteiger partial charge on any atom is -0.385 e. The van der Waals surface area contributed by atoms with E-state index in [0.29, 0.717) is 17.3 Å². The van der Waals surface area contributed by atoms with Crippen LogP contribution in [0.1, 0.15) is 39.5 Å². The maximum absolute atomic E-state index is 10.9. The monoisotopic (exact) mass is 218 g/mol. The van der Waals surface area contributed by atoms with E-state index in [0.717, 1.165) is 30.8 Å². The molecule has 0 aromatic carbocycles. The lowest BCUT2D eigenvalue weighted by atomic mass is 9.78. The topological polar surface area (TPSA) is 20.2 Å². The molecule has 1 heteroatoms. The van der Waals surface area contributed by atoms with E-state index in [1.807, 2.05) is 0 Å². The second kappa shape index (κ2) is 2.81. The molecule has 0 amide bonds. The lowest BCUT2D eigenvalue weighted by Gasteiger charge is -2.33. The first-order chi connectivity index (χ1) is 7.39. The number of hydrogen-bond acceptors (Lipinski definition) is 1. The van der Waals surface area contributed by atoms with Crippen LogP contribution in [0, 0.1) is 23.2 Å². The summed E-state index contributed by atoms with van der Waals surface area (Å²) in [6.07, 6.45) is 4.06. The van der Waals surface area contributed by atoms with E-state index in [-0.39, 0.29) is 0 Å². The van der Waals surface area contributed by atoms with Crippen molar-refractivity contribution in [3.63, 3.8) is 0 Å². The average Bonchev–Trinajstić information content (AvgIpc) is 2.64. The first-order valence-corrected chi connectivity index (χ1v) is 6.47. The molecule has 0 heterocycles. The number of hydrogen-bond donors (Lipinski definition) is 1. The Morgan fingerprint density at radius 1 is 1.25 bits per heavy atom. The predicted molar refractivity (Wildman–Crippen MR) is 65.9 cm³/mol. The molecule has 0 radical (unpaired) electrons.